The molecular weight excluding hydrogens is 282 g/mol. The largest absolute Gasteiger partial charge is 0.324 e. The number of nitrogens with one attached hydrogen (secondary N) is 1. The van der Waals surface area contributed by atoms with E-state index in [4.69, 9.17) is 11.6 Å². The molecule has 0 unspecified atom stereocenters. The van der Waals surface area contributed by atoms with E-state index in [1.54, 1.807) is 0 Å². The van der Waals surface area contributed by atoms with Crippen LogP contribution in [0.2, 0.25) is 5.02 Å². The van der Waals surface area contributed by atoms with Crippen LogP contribution in [0.1, 0.15) is 11.3 Å². The van der Waals surface area contributed by atoms with Crippen molar-refractivity contribution >= 4 is 23.2 Å². The number of hydrogen-bond donors (Lipinski definition) is 1. The Balaban J connectivity index is 2.02. The molecular formula is C17H16ClN3. The van der Waals surface area contributed by atoms with E-state index in [0.717, 1.165) is 28.6 Å². The van der Waals surface area contributed by atoms with E-state index in [0.29, 0.717) is 5.02 Å². The summed E-state index contributed by atoms with van der Waals surface area (Å²) in [6.45, 7) is 4.01. The number of benzene rings is 2. The van der Waals surface area contributed by atoms with Gasteiger partial charge in [0, 0.05) is 11.9 Å². The summed E-state index contributed by atoms with van der Waals surface area (Å²) in [5, 5.41) is 4.00. The highest BCUT2D eigenvalue weighted by molar-refractivity contribution is 6.33. The molecule has 0 amide bonds. The van der Waals surface area contributed by atoms with Gasteiger partial charge in [0.15, 0.2) is 0 Å². The van der Waals surface area contributed by atoms with Crippen LogP contribution in [0, 0.1) is 13.8 Å². The monoisotopic (exact) mass is 297 g/mol. The predicted molar refractivity (Wildman–Crippen MR) is 87.8 cm³/mol. The molecule has 0 aliphatic heterocycles. The first kappa shape index (κ1) is 13.7. The first-order valence-corrected chi connectivity index (χ1v) is 7.16. The van der Waals surface area contributed by atoms with Crippen molar-refractivity contribution in [2.75, 3.05) is 5.32 Å². The highest BCUT2D eigenvalue weighted by Gasteiger charge is 2.09. The standard InChI is InChI=1S/C17H16ClN3/c1-12-8-9-15(18)16(10-12)20-17-19-13(2)11-21(17)14-6-4-3-5-7-14/h3-11H,1-2H3,(H,19,20). The molecule has 106 valence electrons. The zero-order valence-electron chi connectivity index (χ0n) is 12.0. The summed E-state index contributed by atoms with van der Waals surface area (Å²) in [7, 11) is 0. The van der Waals surface area contributed by atoms with Crippen LogP contribution >= 0.6 is 11.6 Å². The minimum absolute atomic E-state index is 0.681. The van der Waals surface area contributed by atoms with E-state index < -0.39 is 0 Å². The SMILES string of the molecule is Cc1ccc(Cl)c(Nc2nc(C)cn2-c2ccccc2)c1. The van der Waals surface area contributed by atoms with Crippen LogP contribution < -0.4 is 5.32 Å². The molecule has 21 heavy (non-hydrogen) atoms. The molecule has 0 saturated heterocycles. The summed E-state index contributed by atoms with van der Waals surface area (Å²) in [6, 6.07) is 16.0. The number of rotatable bonds is 3. The molecule has 2 aromatic carbocycles. The third-order valence-electron chi connectivity index (χ3n) is 3.23. The number of nitrogens with zero attached hydrogens (tertiary/aromatic N) is 2. The Morgan fingerprint density at radius 1 is 1.05 bits per heavy atom. The normalized spacial score (nSPS) is 10.6. The average Bonchev–Trinajstić information content (AvgIpc) is 2.85. The van der Waals surface area contributed by atoms with E-state index in [2.05, 4.69) is 10.3 Å². The fourth-order valence-corrected chi connectivity index (χ4v) is 2.39. The van der Waals surface area contributed by atoms with Gasteiger partial charge in [0.05, 0.1) is 16.4 Å². The van der Waals surface area contributed by atoms with Crippen molar-refractivity contribution < 1.29 is 0 Å². The summed E-state index contributed by atoms with van der Waals surface area (Å²) in [5.74, 6) is 0.756. The smallest absolute Gasteiger partial charge is 0.212 e. The van der Waals surface area contributed by atoms with Crippen molar-refractivity contribution in [3.05, 3.63) is 71.0 Å². The molecule has 0 radical (unpaired) electrons. The van der Waals surface area contributed by atoms with Crippen LogP contribution in [0.15, 0.2) is 54.7 Å². The molecule has 1 heterocycles. The zero-order chi connectivity index (χ0) is 14.8. The maximum Gasteiger partial charge on any atom is 0.212 e. The van der Waals surface area contributed by atoms with E-state index in [9.17, 15) is 0 Å². The van der Waals surface area contributed by atoms with Gasteiger partial charge in [-0.15, -0.1) is 0 Å². The Kier molecular flexibility index (Phi) is 3.67. The highest BCUT2D eigenvalue weighted by atomic mass is 35.5. The molecule has 0 aliphatic rings. The third kappa shape index (κ3) is 2.93. The molecule has 0 spiro atoms. The van der Waals surface area contributed by atoms with Gasteiger partial charge in [0.2, 0.25) is 5.95 Å². The van der Waals surface area contributed by atoms with Gasteiger partial charge in [0.1, 0.15) is 0 Å². The number of halogens is 1. The van der Waals surface area contributed by atoms with Crippen molar-refractivity contribution in [3.63, 3.8) is 0 Å². The van der Waals surface area contributed by atoms with Crippen LogP contribution in [0.3, 0.4) is 0 Å². The lowest BCUT2D eigenvalue weighted by Crippen LogP contribution is -2.01. The molecule has 0 bridgehead atoms. The molecule has 3 nitrogen and oxygen atoms in total. The minimum atomic E-state index is 0.681. The predicted octanol–water partition coefficient (Wildman–Crippen LogP) is 4.89. The number of hydrogen-bond acceptors (Lipinski definition) is 2. The molecule has 1 N–H and O–H groups in total. The fraction of sp³-hybridized carbons (Fsp3) is 0.118. The Morgan fingerprint density at radius 3 is 2.57 bits per heavy atom. The second-order valence-electron chi connectivity index (χ2n) is 5.02. The van der Waals surface area contributed by atoms with Crippen LogP contribution in [0.5, 0.6) is 0 Å². The number of imidazole rings is 1. The number of anilines is 2. The van der Waals surface area contributed by atoms with E-state index >= 15 is 0 Å². The van der Waals surface area contributed by atoms with Crippen molar-refractivity contribution in [3.8, 4) is 5.69 Å². The molecule has 3 rings (SSSR count). The second kappa shape index (κ2) is 5.62. The quantitative estimate of drug-likeness (QED) is 0.746. The summed E-state index contributed by atoms with van der Waals surface area (Å²) in [4.78, 5) is 4.55. The Morgan fingerprint density at radius 2 is 1.81 bits per heavy atom. The van der Waals surface area contributed by atoms with Gasteiger partial charge in [-0.2, -0.15) is 0 Å². The van der Waals surface area contributed by atoms with Gasteiger partial charge in [-0.25, -0.2) is 4.98 Å². The molecule has 0 fully saturated rings. The van der Waals surface area contributed by atoms with Crippen molar-refractivity contribution in [2.45, 2.75) is 13.8 Å². The first-order valence-electron chi connectivity index (χ1n) is 6.78. The topological polar surface area (TPSA) is 29.9 Å². The van der Waals surface area contributed by atoms with Gasteiger partial charge in [-0.05, 0) is 43.7 Å². The highest BCUT2D eigenvalue weighted by Crippen LogP contribution is 2.27. The molecule has 4 heteroatoms. The zero-order valence-corrected chi connectivity index (χ0v) is 12.7. The van der Waals surface area contributed by atoms with Gasteiger partial charge < -0.3 is 5.32 Å². The molecule has 0 atom stereocenters. The van der Waals surface area contributed by atoms with Crippen molar-refractivity contribution in [2.24, 2.45) is 0 Å². The van der Waals surface area contributed by atoms with Gasteiger partial charge in [-0.3, -0.25) is 4.57 Å². The minimum Gasteiger partial charge on any atom is -0.324 e. The molecule has 0 aliphatic carbocycles. The maximum atomic E-state index is 6.25. The van der Waals surface area contributed by atoms with E-state index in [1.807, 2.05) is 73.1 Å². The summed E-state index contributed by atoms with van der Waals surface area (Å²) in [5.41, 5.74) is 4.02. The fourth-order valence-electron chi connectivity index (χ4n) is 2.23. The van der Waals surface area contributed by atoms with Crippen molar-refractivity contribution in [1.82, 2.24) is 9.55 Å². The first-order chi connectivity index (χ1) is 10.1. The van der Waals surface area contributed by atoms with Crippen LogP contribution in [0.25, 0.3) is 5.69 Å². The molecule has 0 saturated carbocycles. The average molecular weight is 298 g/mol. The number of aryl methyl sites for hydroxylation is 2. The summed E-state index contributed by atoms with van der Waals surface area (Å²) in [6.07, 6.45) is 2.00. The lowest BCUT2D eigenvalue weighted by atomic mass is 10.2. The summed E-state index contributed by atoms with van der Waals surface area (Å²) >= 11 is 6.25. The summed E-state index contributed by atoms with van der Waals surface area (Å²) < 4.78 is 2.02. The number of para-hydroxylation sites is 1. The Labute approximate surface area is 129 Å². The van der Waals surface area contributed by atoms with Gasteiger partial charge in [0.25, 0.3) is 0 Å². The lowest BCUT2D eigenvalue weighted by molar-refractivity contribution is 1.06. The van der Waals surface area contributed by atoms with Gasteiger partial charge >= 0.3 is 0 Å². The second-order valence-corrected chi connectivity index (χ2v) is 5.43. The third-order valence-corrected chi connectivity index (χ3v) is 3.56. The molecule has 1 aromatic heterocycles. The Bertz CT molecular complexity index is 763. The van der Waals surface area contributed by atoms with E-state index in [1.165, 1.54) is 0 Å². The van der Waals surface area contributed by atoms with Crippen LogP contribution in [-0.2, 0) is 0 Å². The Hall–Kier alpha value is -2.26. The van der Waals surface area contributed by atoms with Crippen LogP contribution in [0.4, 0.5) is 11.6 Å². The van der Waals surface area contributed by atoms with Gasteiger partial charge in [-0.1, -0.05) is 35.9 Å². The maximum absolute atomic E-state index is 6.25. The molecule has 3 aromatic rings. The van der Waals surface area contributed by atoms with E-state index in [-0.39, 0.29) is 0 Å². The van der Waals surface area contributed by atoms with Crippen LogP contribution in [-0.4, -0.2) is 9.55 Å². The number of aromatic nitrogens is 2. The van der Waals surface area contributed by atoms with Crippen molar-refractivity contribution in [1.29, 1.82) is 0 Å². The lowest BCUT2D eigenvalue weighted by Gasteiger charge is -2.11.